The standard InChI is InChI=1S/C24H34N2O2Si/c1-17-13-15-25(23-19(3)9-7-11-21(17)23)29(27-5,28-6)26-16-14-18(2)22-12-8-10-20(4)24(22)26/h7-12,17-18H,13-16H2,1-6H3. The summed E-state index contributed by atoms with van der Waals surface area (Å²) in [6, 6.07) is 13.3. The predicted octanol–water partition coefficient (Wildman–Crippen LogP) is 5.36. The molecule has 2 aromatic carbocycles. The Hall–Kier alpha value is -1.82. The molecule has 0 saturated carbocycles. The van der Waals surface area contributed by atoms with E-state index in [1.165, 1.54) is 33.6 Å². The summed E-state index contributed by atoms with van der Waals surface area (Å²) in [5.74, 6) is 1.11. The highest BCUT2D eigenvalue weighted by atomic mass is 28.4. The third-order valence-corrected chi connectivity index (χ3v) is 10.2. The number of hydrogen-bond donors (Lipinski definition) is 0. The van der Waals surface area contributed by atoms with E-state index in [-0.39, 0.29) is 0 Å². The molecule has 0 saturated heterocycles. The van der Waals surface area contributed by atoms with E-state index in [1.54, 1.807) is 0 Å². The second-order valence-corrected chi connectivity index (χ2v) is 11.7. The zero-order valence-corrected chi connectivity index (χ0v) is 19.7. The van der Waals surface area contributed by atoms with Crippen LogP contribution in [0.25, 0.3) is 0 Å². The van der Waals surface area contributed by atoms with Gasteiger partial charge in [0.05, 0.1) is 0 Å². The van der Waals surface area contributed by atoms with Gasteiger partial charge in [0.25, 0.3) is 0 Å². The predicted molar refractivity (Wildman–Crippen MR) is 123 cm³/mol. The molecule has 156 valence electrons. The van der Waals surface area contributed by atoms with E-state index in [1.807, 2.05) is 14.2 Å². The summed E-state index contributed by atoms with van der Waals surface area (Å²) in [6.07, 6.45) is 2.23. The van der Waals surface area contributed by atoms with Crippen LogP contribution in [0, 0.1) is 13.8 Å². The molecule has 5 heteroatoms. The molecule has 0 bridgehead atoms. The third kappa shape index (κ3) is 3.11. The number of aryl methyl sites for hydroxylation is 2. The van der Waals surface area contributed by atoms with Gasteiger partial charge < -0.3 is 18.0 Å². The number of fused-ring (bicyclic) bond motifs is 2. The topological polar surface area (TPSA) is 24.9 Å². The molecule has 29 heavy (non-hydrogen) atoms. The maximum absolute atomic E-state index is 6.43. The molecule has 2 atom stereocenters. The zero-order valence-electron chi connectivity index (χ0n) is 18.7. The average molecular weight is 411 g/mol. The van der Waals surface area contributed by atoms with Crippen LogP contribution in [0.15, 0.2) is 36.4 Å². The maximum Gasteiger partial charge on any atom is 0.588 e. The van der Waals surface area contributed by atoms with Crippen LogP contribution in [0.5, 0.6) is 0 Å². The first-order valence-electron chi connectivity index (χ1n) is 10.8. The van der Waals surface area contributed by atoms with Crippen LogP contribution in [0.4, 0.5) is 11.4 Å². The summed E-state index contributed by atoms with van der Waals surface area (Å²) < 4.78 is 17.8. The van der Waals surface area contributed by atoms with Crippen LogP contribution in [0.2, 0.25) is 0 Å². The molecule has 0 N–H and O–H groups in total. The second-order valence-electron chi connectivity index (χ2n) is 8.66. The van der Waals surface area contributed by atoms with Gasteiger partial charge in [0, 0.05) is 38.7 Å². The summed E-state index contributed by atoms with van der Waals surface area (Å²) in [4.78, 5) is 0. The molecule has 0 fully saturated rings. The van der Waals surface area contributed by atoms with Crippen LogP contribution < -0.4 is 9.13 Å². The largest absolute Gasteiger partial charge is 0.588 e. The van der Waals surface area contributed by atoms with Crippen molar-refractivity contribution in [1.82, 2.24) is 0 Å². The Bertz CT molecular complexity index is 827. The SMILES string of the molecule is CO[Si](OC)(N1CCC(C)c2cccc(C)c21)N1CCC(C)c2cccc(C)c21. The molecular formula is C24H34N2O2Si. The Balaban J connectivity index is 1.90. The smallest absolute Gasteiger partial charge is 0.365 e. The lowest BCUT2D eigenvalue weighted by atomic mass is 9.91. The summed E-state index contributed by atoms with van der Waals surface area (Å²) in [5, 5.41) is 0. The minimum absolute atomic E-state index is 0.553. The molecule has 2 aromatic rings. The average Bonchev–Trinajstić information content (AvgIpc) is 2.73. The van der Waals surface area contributed by atoms with Crippen molar-refractivity contribution in [2.45, 2.75) is 52.4 Å². The van der Waals surface area contributed by atoms with Crippen molar-refractivity contribution in [3.8, 4) is 0 Å². The first kappa shape index (κ1) is 20.4. The molecule has 2 aliphatic heterocycles. The molecule has 0 spiro atoms. The number of rotatable bonds is 4. The molecule has 4 rings (SSSR count). The van der Waals surface area contributed by atoms with Crippen LogP contribution in [0.1, 0.15) is 60.8 Å². The number of para-hydroxylation sites is 2. The van der Waals surface area contributed by atoms with E-state index in [0.717, 1.165) is 25.9 Å². The summed E-state index contributed by atoms with van der Waals surface area (Å²) in [7, 11) is 0.770. The van der Waals surface area contributed by atoms with Gasteiger partial charge >= 0.3 is 8.88 Å². The lowest BCUT2D eigenvalue weighted by molar-refractivity contribution is 0.231. The molecular weight excluding hydrogens is 376 g/mol. The van der Waals surface area contributed by atoms with E-state index in [4.69, 9.17) is 8.85 Å². The Morgan fingerprint density at radius 2 is 1.17 bits per heavy atom. The number of hydrogen-bond acceptors (Lipinski definition) is 4. The lowest BCUT2D eigenvalue weighted by Crippen LogP contribution is -2.72. The Morgan fingerprint density at radius 1 is 0.759 bits per heavy atom. The van der Waals surface area contributed by atoms with Gasteiger partial charge in [-0.05, 0) is 60.8 Å². The first-order chi connectivity index (χ1) is 13.9. The maximum atomic E-state index is 6.43. The Kier molecular flexibility index (Phi) is 5.49. The fourth-order valence-corrected chi connectivity index (χ4v) is 8.65. The van der Waals surface area contributed by atoms with Gasteiger partial charge in [0.1, 0.15) is 0 Å². The molecule has 0 amide bonds. The molecule has 2 unspecified atom stereocenters. The fourth-order valence-electron chi connectivity index (χ4n) is 5.31. The van der Waals surface area contributed by atoms with Crippen molar-refractivity contribution in [3.05, 3.63) is 58.7 Å². The van der Waals surface area contributed by atoms with Gasteiger partial charge in [0.2, 0.25) is 0 Å². The Labute approximate surface area is 176 Å². The normalized spacial score (nSPS) is 21.7. The molecule has 0 aliphatic carbocycles. The highest BCUT2D eigenvalue weighted by Gasteiger charge is 2.55. The van der Waals surface area contributed by atoms with E-state index in [0.29, 0.717) is 11.8 Å². The summed E-state index contributed by atoms with van der Waals surface area (Å²) in [5.41, 5.74) is 8.06. The van der Waals surface area contributed by atoms with Crippen LogP contribution in [-0.4, -0.2) is 36.2 Å². The fraction of sp³-hybridized carbons (Fsp3) is 0.500. The number of benzene rings is 2. The zero-order chi connectivity index (χ0) is 20.8. The van der Waals surface area contributed by atoms with Crippen molar-refractivity contribution in [1.29, 1.82) is 0 Å². The van der Waals surface area contributed by atoms with E-state index in [9.17, 15) is 0 Å². The van der Waals surface area contributed by atoms with Crippen molar-refractivity contribution >= 4 is 20.3 Å². The highest BCUT2D eigenvalue weighted by Crippen LogP contribution is 2.45. The van der Waals surface area contributed by atoms with Crippen LogP contribution in [0.3, 0.4) is 0 Å². The summed E-state index contributed by atoms with van der Waals surface area (Å²) >= 11 is 0. The van der Waals surface area contributed by atoms with Gasteiger partial charge in [-0.1, -0.05) is 50.2 Å². The quantitative estimate of drug-likeness (QED) is 0.634. The van der Waals surface area contributed by atoms with E-state index >= 15 is 0 Å². The van der Waals surface area contributed by atoms with Crippen LogP contribution in [-0.2, 0) is 8.85 Å². The number of nitrogens with zero attached hydrogens (tertiary/aromatic N) is 2. The van der Waals surface area contributed by atoms with Gasteiger partial charge in [-0.3, -0.25) is 0 Å². The van der Waals surface area contributed by atoms with Gasteiger partial charge in [-0.15, -0.1) is 0 Å². The molecule has 4 nitrogen and oxygen atoms in total. The molecule has 0 radical (unpaired) electrons. The third-order valence-electron chi connectivity index (χ3n) is 6.93. The first-order valence-corrected chi connectivity index (χ1v) is 12.5. The van der Waals surface area contributed by atoms with Gasteiger partial charge in [-0.2, -0.15) is 0 Å². The minimum atomic E-state index is -2.90. The number of anilines is 2. The van der Waals surface area contributed by atoms with Crippen LogP contribution >= 0.6 is 0 Å². The lowest BCUT2D eigenvalue weighted by Gasteiger charge is -2.51. The second kappa shape index (κ2) is 7.78. The van der Waals surface area contributed by atoms with E-state index in [2.05, 4.69) is 73.2 Å². The van der Waals surface area contributed by atoms with E-state index < -0.39 is 8.88 Å². The Morgan fingerprint density at radius 3 is 1.55 bits per heavy atom. The van der Waals surface area contributed by atoms with Gasteiger partial charge in [-0.25, -0.2) is 0 Å². The minimum Gasteiger partial charge on any atom is -0.365 e. The summed E-state index contributed by atoms with van der Waals surface area (Å²) in [6.45, 7) is 11.0. The monoisotopic (exact) mass is 410 g/mol. The molecule has 2 aliphatic rings. The highest BCUT2D eigenvalue weighted by molar-refractivity contribution is 6.75. The van der Waals surface area contributed by atoms with Crippen molar-refractivity contribution in [2.24, 2.45) is 0 Å². The van der Waals surface area contributed by atoms with Gasteiger partial charge in [0.15, 0.2) is 0 Å². The van der Waals surface area contributed by atoms with Crippen molar-refractivity contribution in [2.75, 3.05) is 36.4 Å². The van der Waals surface area contributed by atoms with Crippen molar-refractivity contribution < 1.29 is 8.85 Å². The van der Waals surface area contributed by atoms with Crippen molar-refractivity contribution in [3.63, 3.8) is 0 Å². The molecule has 0 aromatic heterocycles. The molecule has 2 heterocycles.